The fourth-order valence-corrected chi connectivity index (χ4v) is 1.20. The van der Waals surface area contributed by atoms with Gasteiger partial charge in [0.1, 0.15) is 0 Å². The number of halogens is 1. The highest BCUT2D eigenvalue weighted by Gasteiger charge is 2.07. The summed E-state index contributed by atoms with van der Waals surface area (Å²) in [6, 6.07) is 4.84. The molecule has 0 aliphatic heterocycles. The van der Waals surface area contributed by atoms with Crippen LogP contribution < -0.4 is 5.73 Å². The number of ether oxygens (including phenoxy) is 1. The van der Waals surface area contributed by atoms with Crippen molar-refractivity contribution in [3.05, 3.63) is 29.3 Å². The Morgan fingerprint density at radius 1 is 1.56 bits per heavy atom. The highest BCUT2D eigenvalue weighted by Crippen LogP contribution is 2.13. The van der Waals surface area contributed by atoms with E-state index in [-0.39, 0.29) is 11.8 Å². The van der Waals surface area contributed by atoms with Gasteiger partial charge in [-0.05, 0) is 25.1 Å². The van der Waals surface area contributed by atoms with E-state index < -0.39 is 0 Å². The third-order valence-electron chi connectivity index (χ3n) is 1.85. The van der Waals surface area contributed by atoms with Crippen LogP contribution in [0.1, 0.15) is 22.8 Å². The van der Waals surface area contributed by atoms with E-state index in [2.05, 4.69) is 11.8 Å². The predicted molar refractivity (Wildman–Crippen MR) is 64.4 cm³/mol. The van der Waals surface area contributed by atoms with E-state index in [1.54, 1.807) is 25.1 Å². The van der Waals surface area contributed by atoms with Gasteiger partial charge in [-0.25, -0.2) is 4.79 Å². The van der Waals surface area contributed by atoms with Crippen LogP contribution in [0.2, 0.25) is 0 Å². The van der Waals surface area contributed by atoms with Gasteiger partial charge in [-0.3, -0.25) is 0 Å². The van der Waals surface area contributed by atoms with E-state index in [0.717, 1.165) is 0 Å². The van der Waals surface area contributed by atoms with Gasteiger partial charge in [-0.2, -0.15) is 0 Å². The summed E-state index contributed by atoms with van der Waals surface area (Å²) in [5, 5.41) is 0. The molecule has 84 valence electrons. The van der Waals surface area contributed by atoms with Crippen LogP contribution in [0.4, 0.5) is 5.69 Å². The Bertz CT molecular complexity index is 446. The molecule has 0 amide bonds. The largest absolute Gasteiger partial charge is 0.462 e. The van der Waals surface area contributed by atoms with Gasteiger partial charge >= 0.3 is 5.97 Å². The lowest BCUT2D eigenvalue weighted by Gasteiger charge is -2.03. The van der Waals surface area contributed by atoms with Crippen molar-refractivity contribution in [3.8, 4) is 11.8 Å². The van der Waals surface area contributed by atoms with Crippen LogP contribution in [0.5, 0.6) is 0 Å². The smallest absolute Gasteiger partial charge is 0.338 e. The Hall–Kier alpha value is -1.66. The Morgan fingerprint density at radius 2 is 2.31 bits per heavy atom. The van der Waals surface area contributed by atoms with Crippen molar-refractivity contribution in [3.63, 3.8) is 0 Å². The number of alkyl halides is 1. The van der Waals surface area contributed by atoms with E-state index in [4.69, 9.17) is 22.1 Å². The average Bonchev–Trinajstić information content (AvgIpc) is 2.28. The van der Waals surface area contributed by atoms with Crippen molar-refractivity contribution in [1.82, 2.24) is 0 Å². The van der Waals surface area contributed by atoms with Crippen molar-refractivity contribution < 1.29 is 9.53 Å². The zero-order chi connectivity index (χ0) is 12.0. The Balaban J connectivity index is 3.02. The minimum atomic E-state index is -0.378. The molecule has 0 saturated heterocycles. The molecular weight excluding hydrogens is 226 g/mol. The maximum absolute atomic E-state index is 11.4. The predicted octanol–water partition coefficient (Wildman–Crippen LogP) is 2.04. The highest BCUT2D eigenvalue weighted by molar-refractivity contribution is 6.19. The molecule has 2 N–H and O–H groups in total. The summed E-state index contributed by atoms with van der Waals surface area (Å²) in [6.45, 7) is 2.09. The first kappa shape index (κ1) is 12.4. The second-order valence-electron chi connectivity index (χ2n) is 2.96. The lowest BCUT2D eigenvalue weighted by molar-refractivity contribution is 0.0526. The molecule has 16 heavy (non-hydrogen) atoms. The first-order valence-corrected chi connectivity index (χ1v) is 5.34. The minimum absolute atomic E-state index is 0.225. The van der Waals surface area contributed by atoms with Crippen LogP contribution >= 0.6 is 11.6 Å². The summed E-state index contributed by atoms with van der Waals surface area (Å²) in [5.74, 6) is 5.32. The normalized spacial score (nSPS) is 9.12. The molecule has 0 unspecified atom stereocenters. The molecular formula is C12H12ClNO2. The fraction of sp³-hybridized carbons (Fsp3) is 0.250. The van der Waals surface area contributed by atoms with E-state index >= 15 is 0 Å². The Kier molecular flexibility index (Phi) is 4.68. The quantitative estimate of drug-likeness (QED) is 0.371. The second kappa shape index (κ2) is 6.04. The van der Waals surface area contributed by atoms with Crippen LogP contribution in [0.3, 0.4) is 0 Å². The number of rotatable bonds is 2. The number of nitrogens with two attached hydrogens (primary N) is 1. The number of anilines is 1. The van der Waals surface area contributed by atoms with Gasteiger partial charge in [0.05, 0.1) is 18.1 Å². The monoisotopic (exact) mass is 237 g/mol. The molecule has 0 radical (unpaired) electrons. The van der Waals surface area contributed by atoms with Gasteiger partial charge in [0.15, 0.2) is 0 Å². The topological polar surface area (TPSA) is 52.3 Å². The third kappa shape index (κ3) is 3.18. The van der Waals surface area contributed by atoms with Gasteiger partial charge in [-0.15, -0.1) is 11.6 Å². The van der Waals surface area contributed by atoms with E-state index in [0.29, 0.717) is 23.4 Å². The lowest BCUT2D eigenvalue weighted by atomic mass is 10.1. The molecule has 0 aliphatic carbocycles. The van der Waals surface area contributed by atoms with Gasteiger partial charge in [0.2, 0.25) is 0 Å². The van der Waals surface area contributed by atoms with Crippen molar-refractivity contribution in [1.29, 1.82) is 0 Å². The van der Waals surface area contributed by atoms with E-state index in [1.165, 1.54) is 0 Å². The fourth-order valence-electron chi connectivity index (χ4n) is 1.13. The number of esters is 1. The molecule has 4 heteroatoms. The van der Waals surface area contributed by atoms with Crippen molar-refractivity contribution in [2.45, 2.75) is 6.92 Å². The van der Waals surface area contributed by atoms with Gasteiger partial charge in [0, 0.05) is 11.3 Å². The molecule has 0 heterocycles. The van der Waals surface area contributed by atoms with Crippen molar-refractivity contribution in [2.24, 2.45) is 0 Å². The molecule has 3 nitrogen and oxygen atoms in total. The SMILES string of the molecule is CCOC(=O)c1ccc(N)c(C#CCCl)c1. The van der Waals surface area contributed by atoms with Crippen LogP contribution in [0.15, 0.2) is 18.2 Å². The first-order chi connectivity index (χ1) is 7.69. The zero-order valence-electron chi connectivity index (χ0n) is 8.92. The zero-order valence-corrected chi connectivity index (χ0v) is 9.67. The number of benzene rings is 1. The Morgan fingerprint density at radius 3 is 2.94 bits per heavy atom. The second-order valence-corrected chi connectivity index (χ2v) is 3.23. The molecule has 0 aromatic heterocycles. The number of hydrogen-bond donors (Lipinski definition) is 1. The summed E-state index contributed by atoms with van der Waals surface area (Å²) in [7, 11) is 0. The van der Waals surface area contributed by atoms with E-state index in [1.807, 2.05) is 0 Å². The third-order valence-corrected chi connectivity index (χ3v) is 1.99. The first-order valence-electron chi connectivity index (χ1n) is 4.80. The summed E-state index contributed by atoms with van der Waals surface area (Å²) in [6.07, 6.45) is 0. The van der Waals surface area contributed by atoms with E-state index in [9.17, 15) is 4.79 Å². The van der Waals surface area contributed by atoms with Gasteiger partial charge < -0.3 is 10.5 Å². The molecule has 0 saturated carbocycles. The Labute approximate surface area is 99.5 Å². The minimum Gasteiger partial charge on any atom is -0.462 e. The number of nitrogen functional groups attached to an aromatic ring is 1. The number of hydrogen-bond acceptors (Lipinski definition) is 3. The summed E-state index contributed by atoms with van der Waals surface area (Å²) < 4.78 is 4.87. The maximum Gasteiger partial charge on any atom is 0.338 e. The molecule has 0 fully saturated rings. The highest BCUT2D eigenvalue weighted by atomic mass is 35.5. The molecule has 0 atom stereocenters. The van der Waals surface area contributed by atoms with Crippen LogP contribution in [-0.2, 0) is 4.74 Å². The lowest BCUT2D eigenvalue weighted by Crippen LogP contribution is -2.05. The molecule has 0 bridgehead atoms. The molecule has 0 spiro atoms. The number of carbonyl (C=O) groups excluding carboxylic acids is 1. The average molecular weight is 238 g/mol. The van der Waals surface area contributed by atoms with Gasteiger partial charge in [0.25, 0.3) is 0 Å². The summed E-state index contributed by atoms with van der Waals surface area (Å²) >= 11 is 5.45. The summed E-state index contributed by atoms with van der Waals surface area (Å²) in [4.78, 5) is 11.4. The van der Waals surface area contributed by atoms with Gasteiger partial charge in [-0.1, -0.05) is 11.8 Å². The van der Waals surface area contributed by atoms with Crippen LogP contribution in [-0.4, -0.2) is 18.5 Å². The maximum atomic E-state index is 11.4. The van der Waals surface area contributed by atoms with Crippen LogP contribution in [0, 0.1) is 11.8 Å². The number of carbonyl (C=O) groups is 1. The molecule has 0 aliphatic rings. The molecule has 1 aromatic carbocycles. The standard InChI is InChI=1S/C12H12ClNO2/c1-2-16-12(15)10-5-6-11(14)9(8-10)4-3-7-13/h5-6,8H,2,7,14H2,1H3. The van der Waals surface area contributed by atoms with Crippen LogP contribution in [0.25, 0.3) is 0 Å². The van der Waals surface area contributed by atoms with Crippen molar-refractivity contribution >= 4 is 23.3 Å². The molecule has 1 rings (SSSR count). The molecule has 1 aromatic rings. The van der Waals surface area contributed by atoms with Crippen molar-refractivity contribution in [2.75, 3.05) is 18.2 Å². The summed E-state index contributed by atoms with van der Waals surface area (Å²) in [5.41, 5.74) is 7.25.